The molecule has 4 N–H and O–H groups in total. The Balaban J connectivity index is 1.78. The number of carbonyl (C=O) groups excluding carboxylic acids is 2. The van der Waals surface area contributed by atoms with Crippen molar-refractivity contribution in [1.82, 2.24) is 10.2 Å². The molecule has 24 heavy (non-hydrogen) atoms. The molecule has 2 rings (SSSR count). The molecule has 1 fully saturated rings. The van der Waals surface area contributed by atoms with Gasteiger partial charge in [0, 0.05) is 13.1 Å². The van der Waals surface area contributed by atoms with Crippen LogP contribution < -0.4 is 11.1 Å². The number of amides is 2. The Morgan fingerprint density at radius 1 is 1.25 bits per heavy atom. The number of likely N-dealkylation sites (tertiary alicyclic amines) is 1. The summed E-state index contributed by atoms with van der Waals surface area (Å²) in [5.74, 6) is 0.363. The van der Waals surface area contributed by atoms with Crippen LogP contribution in [-0.2, 0) is 9.59 Å². The molecule has 0 bridgehead atoms. The van der Waals surface area contributed by atoms with Gasteiger partial charge in [0.1, 0.15) is 5.75 Å². The van der Waals surface area contributed by atoms with Gasteiger partial charge in [-0.15, -0.1) is 0 Å². The van der Waals surface area contributed by atoms with Gasteiger partial charge in [-0.05, 0) is 42.4 Å². The lowest BCUT2D eigenvalue weighted by Crippen LogP contribution is -2.49. The predicted octanol–water partition coefficient (Wildman–Crippen LogP) is 1.20. The molecule has 0 radical (unpaired) electrons. The fraction of sp³-hybridized carbons (Fsp3) is 0.556. The van der Waals surface area contributed by atoms with E-state index in [0.717, 1.165) is 12.8 Å². The molecule has 1 aliphatic heterocycles. The third-order valence-electron chi connectivity index (χ3n) is 4.65. The molecule has 1 atom stereocenters. The molecule has 6 nitrogen and oxygen atoms in total. The zero-order chi connectivity index (χ0) is 17.7. The summed E-state index contributed by atoms with van der Waals surface area (Å²) in [6.07, 6.45) is 1.77. The van der Waals surface area contributed by atoms with Gasteiger partial charge in [-0.1, -0.05) is 26.0 Å². The summed E-state index contributed by atoms with van der Waals surface area (Å²) in [5.41, 5.74) is 6.95. The molecule has 1 aromatic rings. The standard InChI is InChI=1S/C18H27N3O3/c1-12(2)17(19)18(24)20-11-16(23)21-9-7-14(8-10-21)13-3-5-15(22)6-4-13/h3-6,12,14,17,22H,7-11,19H2,1-2H3,(H,20,24)/t17-/m0/s1. The van der Waals surface area contributed by atoms with Crippen LogP contribution in [0.15, 0.2) is 24.3 Å². The van der Waals surface area contributed by atoms with Gasteiger partial charge in [0.2, 0.25) is 11.8 Å². The van der Waals surface area contributed by atoms with Crippen molar-refractivity contribution in [1.29, 1.82) is 0 Å². The fourth-order valence-electron chi connectivity index (χ4n) is 2.90. The van der Waals surface area contributed by atoms with E-state index < -0.39 is 6.04 Å². The minimum atomic E-state index is -0.585. The van der Waals surface area contributed by atoms with Crippen LogP contribution in [0.5, 0.6) is 5.75 Å². The van der Waals surface area contributed by atoms with Gasteiger partial charge in [0.05, 0.1) is 12.6 Å². The molecule has 6 heteroatoms. The maximum atomic E-state index is 12.2. The van der Waals surface area contributed by atoms with Crippen LogP contribution in [0.4, 0.5) is 0 Å². The molecule has 1 aliphatic rings. The molecule has 0 aliphatic carbocycles. The van der Waals surface area contributed by atoms with Gasteiger partial charge in [-0.3, -0.25) is 9.59 Å². The zero-order valence-corrected chi connectivity index (χ0v) is 14.4. The fourth-order valence-corrected chi connectivity index (χ4v) is 2.90. The Bertz CT molecular complexity index is 563. The number of nitrogens with two attached hydrogens (primary N) is 1. The van der Waals surface area contributed by atoms with Crippen molar-refractivity contribution in [2.75, 3.05) is 19.6 Å². The number of benzene rings is 1. The highest BCUT2D eigenvalue weighted by molar-refractivity contribution is 5.87. The molecular formula is C18H27N3O3. The molecule has 2 amide bonds. The molecule has 0 aromatic heterocycles. The smallest absolute Gasteiger partial charge is 0.241 e. The van der Waals surface area contributed by atoms with Crippen LogP contribution in [-0.4, -0.2) is 47.5 Å². The van der Waals surface area contributed by atoms with E-state index in [2.05, 4.69) is 5.32 Å². The normalized spacial score (nSPS) is 16.9. The first-order valence-corrected chi connectivity index (χ1v) is 8.48. The van der Waals surface area contributed by atoms with E-state index in [0.29, 0.717) is 19.0 Å². The zero-order valence-electron chi connectivity index (χ0n) is 14.4. The van der Waals surface area contributed by atoms with E-state index in [1.807, 2.05) is 26.0 Å². The number of aromatic hydroxyl groups is 1. The van der Waals surface area contributed by atoms with Gasteiger partial charge < -0.3 is 21.1 Å². The SMILES string of the molecule is CC(C)[C@H](N)C(=O)NCC(=O)N1CCC(c2ccc(O)cc2)CC1. The minimum Gasteiger partial charge on any atom is -0.508 e. The Hall–Kier alpha value is -2.08. The van der Waals surface area contributed by atoms with Crippen LogP contribution in [0.3, 0.4) is 0 Å². The Morgan fingerprint density at radius 2 is 1.83 bits per heavy atom. The van der Waals surface area contributed by atoms with Crippen molar-refractivity contribution in [3.05, 3.63) is 29.8 Å². The van der Waals surface area contributed by atoms with Crippen molar-refractivity contribution in [3.63, 3.8) is 0 Å². The minimum absolute atomic E-state index is 0.00310. The summed E-state index contributed by atoms with van der Waals surface area (Å²) in [6, 6.07) is 6.68. The van der Waals surface area contributed by atoms with E-state index in [9.17, 15) is 14.7 Å². The second-order valence-corrected chi connectivity index (χ2v) is 6.73. The maximum Gasteiger partial charge on any atom is 0.241 e. The van der Waals surface area contributed by atoms with Crippen molar-refractivity contribution < 1.29 is 14.7 Å². The van der Waals surface area contributed by atoms with Crippen LogP contribution in [0.25, 0.3) is 0 Å². The van der Waals surface area contributed by atoms with Crippen LogP contribution in [0.1, 0.15) is 38.2 Å². The lowest BCUT2D eigenvalue weighted by Gasteiger charge is -2.32. The summed E-state index contributed by atoms with van der Waals surface area (Å²) >= 11 is 0. The molecule has 1 heterocycles. The number of nitrogens with zero attached hydrogens (tertiary/aromatic N) is 1. The Kier molecular flexibility index (Phi) is 6.20. The van der Waals surface area contributed by atoms with E-state index in [4.69, 9.17) is 5.73 Å². The van der Waals surface area contributed by atoms with Crippen LogP contribution in [0.2, 0.25) is 0 Å². The van der Waals surface area contributed by atoms with Gasteiger partial charge in [0.25, 0.3) is 0 Å². The summed E-state index contributed by atoms with van der Waals surface area (Å²) in [4.78, 5) is 25.8. The lowest BCUT2D eigenvalue weighted by atomic mass is 9.89. The van der Waals surface area contributed by atoms with E-state index in [-0.39, 0.29) is 30.0 Å². The number of hydrogen-bond acceptors (Lipinski definition) is 4. The van der Waals surface area contributed by atoms with Gasteiger partial charge >= 0.3 is 0 Å². The molecule has 132 valence electrons. The maximum absolute atomic E-state index is 12.2. The number of nitrogens with one attached hydrogen (secondary N) is 1. The molecule has 1 aromatic carbocycles. The number of phenolic OH excluding ortho intramolecular Hbond substituents is 1. The number of rotatable bonds is 5. The molecular weight excluding hydrogens is 306 g/mol. The van der Waals surface area contributed by atoms with Crippen LogP contribution in [0, 0.1) is 5.92 Å². The second-order valence-electron chi connectivity index (χ2n) is 6.73. The molecule has 0 unspecified atom stereocenters. The summed E-state index contributed by atoms with van der Waals surface area (Å²) in [5, 5.41) is 12.0. The number of hydrogen-bond donors (Lipinski definition) is 3. The van der Waals surface area contributed by atoms with E-state index in [1.165, 1.54) is 5.56 Å². The van der Waals surface area contributed by atoms with E-state index >= 15 is 0 Å². The Morgan fingerprint density at radius 3 is 2.38 bits per heavy atom. The summed E-state index contributed by atoms with van der Waals surface area (Å²) in [7, 11) is 0. The molecule has 0 saturated carbocycles. The first kappa shape index (κ1) is 18.3. The van der Waals surface area contributed by atoms with Gasteiger partial charge in [0.15, 0.2) is 0 Å². The predicted molar refractivity (Wildman–Crippen MR) is 92.5 cm³/mol. The largest absolute Gasteiger partial charge is 0.508 e. The van der Waals surface area contributed by atoms with E-state index in [1.54, 1.807) is 17.0 Å². The van der Waals surface area contributed by atoms with Crippen molar-refractivity contribution in [3.8, 4) is 5.75 Å². The number of piperidine rings is 1. The Labute approximate surface area is 143 Å². The topological polar surface area (TPSA) is 95.7 Å². The highest BCUT2D eigenvalue weighted by Crippen LogP contribution is 2.28. The van der Waals surface area contributed by atoms with Gasteiger partial charge in [-0.2, -0.15) is 0 Å². The highest BCUT2D eigenvalue weighted by Gasteiger charge is 2.25. The number of carbonyl (C=O) groups is 2. The van der Waals surface area contributed by atoms with Gasteiger partial charge in [-0.25, -0.2) is 0 Å². The van der Waals surface area contributed by atoms with Crippen molar-refractivity contribution in [2.24, 2.45) is 11.7 Å². The average Bonchev–Trinajstić information content (AvgIpc) is 2.59. The summed E-state index contributed by atoms with van der Waals surface area (Å²) in [6.45, 7) is 5.11. The third-order valence-corrected chi connectivity index (χ3v) is 4.65. The summed E-state index contributed by atoms with van der Waals surface area (Å²) < 4.78 is 0. The van der Waals surface area contributed by atoms with Crippen LogP contribution >= 0.6 is 0 Å². The highest BCUT2D eigenvalue weighted by atomic mass is 16.3. The first-order chi connectivity index (χ1) is 11.4. The van der Waals surface area contributed by atoms with Crippen molar-refractivity contribution >= 4 is 11.8 Å². The third kappa shape index (κ3) is 4.71. The molecule has 1 saturated heterocycles. The quantitative estimate of drug-likeness (QED) is 0.754. The average molecular weight is 333 g/mol. The lowest BCUT2D eigenvalue weighted by molar-refractivity contribution is -0.134. The monoisotopic (exact) mass is 333 g/mol. The second kappa shape index (κ2) is 8.15. The van der Waals surface area contributed by atoms with Crippen molar-refractivity contribution in [2.45, 2.75) is 38.6 Å². The molecule has 0 spiro atoms. The first-order valence-electron chi connectivity index (χ1n) is 8.48. The number of phenols is 1.